The van der Waals surface area contributed by atoms with E-state index in [1.165, 1.54) is 6.07 Å². The number of H-pyrrole nitrogens is 1. The number of carbonyl (C=O) groups is 1. The summed E-state index contributed by atoms with van der Waals surface area (Å²) in [6.07, 6.45) is 1.49. The maximum atomic E-state index is 12.7. The van der Waals surface area contributed by atoms with Gasteiger partial charge < -0.3 is 9.80 Å². The van der Waals surface area contributed by atoms with Crippen molar-refractivity contribution in [1.82, 2.24) is 24.5 Å². The zero-order chi connectivity index (χ0) is 17.3. The predicted molar refractivity (Wildman–Crippen MR) is 91.7 cm³/mol. The Labute approximate surface area is 143 Å². The molecule has 1 aliphatic rings. The lowest BCUT2D eigenvalue weighted by molar-refractivity contribution is 0.0794. The molecule has 1 N–H and O–H groups in total. The first kappa shape index (κ1) is 16.6. The molecular formula is C15H20N6O2S. The fourth-order valence-electron chi connectivity index (χ4n) is 2.82. The van der Waals surface area contributed by atoms with E-state index in [0.29, 0.717) is 30.3 Å². The van der Waals surface area contributed by atoms with Crippen LogP contribution in [0.5, 0.6) is 0 Å². The molecule has 9 heteroatoms. The molecule has 3 rings (SSSR count). The number of aromatic nitrogens is 4. The quantitative estimate of drug-likeness (QED) is 0.881. The summed E-state index contributed by atoms with van der Waals surface area (Å²) in [4.78, 5) is 35.9. The summed E-state index contributed by atoms with van der Waals surface area (Å²) in [6.45, 7) is 3.17. The number of aromatic amines is 1. The number of hydrogen-bond acceptors (Lipinski definition) is 7. The molecule has 1 fully saturated rings. The van der Waals surface area contributed by atoms with Crippen LogP contribution in [-0.4, -0.2) is 57.5 Å². The van der Waals surface area contributed by atoms with E-state index >= 15 is 0 Å². The number of hydrogen-bond donors (Lipinski definition) is 1. The highest BCUT2D eigenvalue weighted by molar-refractivity contribution is 7.08. The van der Waals surface area contributed by atoms with E-state index < -0.39 is 0 Å². The van der Waals surface area contributed by atoms with Crippen LogP contribution in [-0.2, 0) is 6.42 Å². The van der Waals surface area contributed by atoms with Crippen LogP contribution >= 0.6 is 11.5 Å². The average molecular weight is 348 g/mol. The highest BCUT2D eigenvalue weighted by Gasteiger charge is 2.31. The molecule has 0 aromatic carbocycles. The van der Waals surface area contributed by atoms with Crippen molar-refractivity contribution in [3.63, 3.8) is 0 Å². The molecule has 0 radical (unpaired) electrons. The van der Waals surface area contributed by atoms with Crippen LogP contribution in [0.25, 0.3) is 0 Å². The number of aryl methyl sites for hydroxylation is 1. The SMILES string of the molecule is CCc1nnsc1C(=O)N1CC[C@H](c2cc(=O)[nH]c(N(C)C)n2)C1. The first-order chi connectivity index (χ1) is 11.5. The second-order valence-corrected chi connectivity index (χ2v) is 6.78. The van der Waals surface area contributed by atoms with Crippen LogP contribution in [0.15, 0.2) is 10.9 Å². The van der Waals surface area contributed by atoms with E-state index in [4.69, 9.17) is 0 Å². The molecule has 1 aliphatic heterocycles. The van der Waals surface area contributed by atoms with Gasteiger partial charge in [-0.2, -0.15) is 0 Å². The van der Waals surface area contributed by atoms with Gasteiger partial charge >= 0.3 is 0 Å². The van der Waals surface area contributed by atoms with Crippen molar-refractivity contribution < 1.29 is 4.79 Å². The molecule has 0 saturated carbocycles. The molecule has 8 nitrogen and oxygen atoms in total. The fraction of sp³-hybridized carbons (Fsp3) is 0.533. The predicted octanol–water partition coefficient (Wildman–Crippen LogP) is 0.879. The highest BCUT2D eigenvalue weighted by Crippen LogP contribution is 2.28. The van der Waals surface area contributed by atoms with E-state index in [1.807, 2.05) is 21.0 Å². The minimum absolute atomic E-state index is 0.0259. The Balaban J connectivity index is 1.78. The number of nitrogens with one attached hydrogen (secondary N) is 1. The average Bonchev–Trinajstić information content (AvgIpc) is 3.22. The third-order valence-electron chi connectivity index (χ3n) is 4.15. The molecule has 0 bridgehead atoms. The van der Waals surface area contributed by atoms with Crippen molar-refractivity contribution in [2.45, 2.75) is 25.7 Å². The standard InChI is InChI=1S/C15H20N6O2S/c1-4-10-13(24-19-18-10)14(23)21-6-5-9(8-21)11-7-12(22)17-15(16-11)20(2)3/h7,9H,4-6,8H2,1-3H3,(H,16,17,22)/t9-/m0/s1. The van der Waals surface area contributed by atoms with E-state index in [9.17, 15) is 9.59 Å². The number of anilines is 1. The molecule has 0 unspecified atom stereocenters. The second kappa shape index (κ2) is 6.68. The Kier molecular flexibility index (Phi) is 4.61. The van der Waals surface area contributed by atoms with Crippen LogP contribution in [0.4, 0.5) is 5.95 Å². The third-order valence-corrected chi connectivity index (χ3v) is 4.91. The summed E-state index contributed by atoms with van der Waals surface area (Å²) in [5.41, 5.74) is 1.31. The van der Waals surface area contributed by atoms with Crippen molar-refractivity contribution >= 4 is 23.4 Å². The Morgan fingerprint density at radius 3 is 3.00 bits per heavy atom. The van der Waals surface area contributed by atoms with Crippen LogP contribution in [0, 0.1) is 0 Å². The van der Waals surface area contributed by atoms with Gasteiger partial charge in [0.05, 0.1) is 11.4 Å². The summed E-state index contributed by atoms with van der Waals surface area (Å²) < 4.78 is 3.89. The van der Waals surface area contributed by atoms with E-state index in [1.54, 1.807) is 9.80 Å². The molecule has 0 spiro atoms. The lowest BCUT2D eigenvalue weighted by Crippen LogP contribution is -2.29. The van der Waals surface area contributed by atoms with Crippen molar-refractivity contribution in [3.8, 4) is 0 Å². The van der Waals surface area contributed by atoms with Gasteiger partial charge in [-0.25, -0.2) is 4.98 Å². The van der Waals surface area contributed by atoms with Gasteiger partial charge in [0, 0.05) is 39.2 Å². The smallest absolute Gasteiger partial charge is 0.267 e. The zero-order valence-corrected chi connectivity index (χ0v) is 14.8. The third kappa shape index (κ3) is 3.16. The van der Waals surface area contributed by atoms with Gasteiger partial charge in [-0.3, -0.25) is 14.6 Å². The Hall–Kier alpha value is -2.29. The first-order valence-corrected chi connectivity index (χ1v) is 8.66. The topological polar surface area (TPSA) is 95.1 Å². The van der Waals surface area contributed by atoms with Gasteiger partial charge in [0.2, 0.25) is 5.95 Å². The lowest BCUT2D eigenvalue weighted by atomic mass is 10.1. The van der Waals surface area contributed by atoms with Gasteiger partial charge in [0.15, 0.2) is 0 Å². The summed E-state index contributed by atoms with van der Waals surface area (Å²) in [7, 11) is 3.66. The summed E-state index contributed by atoms with van der Waals surface area (Å²) in [6, 6.07) is 1.53. The minimum Gasteiger partial charge on any atom is -0.348 e. The van der Waals surface area contributed by atoms with Gasteiger partial charge in [-0.05, 0) is 24.4 Å². The lowest BCUT2D eigenvalue weighted by Gasteiger charge is -2.17. The number of amides is 1. The highest BCUT2D eigenvalue weighted by atomic mass is 32.1. The van der Waals surface area contributed by atoms with Crippen molar-refractivity contribution in [2.24, 2.45) is 0 Å². The Morgan fingerprint density at radius 2 is 2.29 bits per heavy atom. The molecule has 128 valence electrons. The zero-order valence-electron chi connectivity index (χ0n) is 13.9. The number of likely N-dealkylation sites (tertiary alicyclic amines) is 1. The van der Waals surface area contributed by atoms with E-state index in [2.05, 4.69) is 19.6 Å². The summed E-state index contributed by atoms with van der Waals surface area (Å²) >= 11 is 1.15. The van der Waals surface area contributed by atoms with Crippen LogP contribution in [0.2, 0.25) is 0 Å². The molecule has 24 heavy (non-hydrogen) atoms. The maximum absolute atomic E-state index is 12.7. The monoisotopic (exact) mass is 348 g/mol. The van der Waals surface area contributed by atoms with Gasteiger partial charge in [0.25, 0.3) is 11.5 Å². The van der Waals surface area contributed by atoms with Gasteiger partial charge in [0.1, 0.15) is 4.88 Å². The maximum Gasteiger partial charge on any atom is 0.267 e. The number of rotatable bonds is 4. The van der Waals surface area contributed by atoms with Crippen molar-refractivity contribution in [1.29, 1.82) is 0 Å². The minimum atomic E-state index is -0.173. The van der Waals surface area contributed by atoms with E-state index in [0.717, 1.165) is 29.3 Å². The van der Waals surface area contributed by atoms with Gasteiger partial charge in [-0.1, -0.05) is 11.4 Å². The molecular weight excluding hydrogens is 328 g/mol. The molecule has 2 aromatic rings. The number of nitrogens with zero attached hydrogens (tertiary/aromatic N) is 5. The van der Waals surface area contributed by atoms with Crippen LogP contribution in [0.3, 0.4) is 0 Å². The van der Waals surface area contributed by atoms with E-state index in [-0.39, 0.29) is 17.4 Å². The molecule has 1 atom stereocenters. The Morgan fingerprint density at radius 1 is 1.50 bits per heavy atom. The normalized spacial score (nSPS) is 17.3. The molecule has 0 aliphatic carbocycles. The molecule has 3 heterocycles. The van der Waals surface area contributed by atoms with Crippen molar-refractivity contribution in [2.75, 3.05) is 32.1 Å². The summed E-state index contributed by atoms with van der Waals surface area (Å²) in [5, 5.41) is 4.00. The summed E-state index contributed by atoms with van der Waals surface area (Å²) in [5.74, 6) is 0.574. The number of carbonyl (C=O) groups excluding carboxylic acids is 1. The van der Waals surface area contributed by atoms with Crippen LogP contribution < -0.4 is 10.5 Å². The van der Waals surface area contributed by atoms with Crippen molar-refractivity contribution in [3.05, 3.63) is 32.7 Å². The fourth-order valence-corrected chi connectivity index (χ4v) is 3.53. The molecule has 2 aromatic heterocycles. The second-order valence-electron chi connectivity index (χ2n) is 6.03. The van der Waals surface area contributed by atoms with Crippen LogP contribution in [0.1, 0.15) is 40.3 Å². The van der Waals surface area contributed by atoms with Gasteiger partial charge in [-0.15, -0.1) is 5.10 Å². The Bertz CT molecular complexity index is 799. The molecule has 1 saturated heterocycles. The first-order valence-electron chi connectivity index (χ1n) is 7.88. The largest absolute Gasteiger partial charge is 0.348 e. The molecule has 1 amide bonds.